The van der Waals surface area contributed by atoms with Crippen LogP contribution in [0, 0.1) is 18.2 Å². The quantitative estimate of drug-likeness (QED) is 0.0377. The van der Waals surface area contributed by atoms with Crippen molar-refractivity contribution in [3.05, 3.63) is 164 Å². The molecule has 3 fully saturated rings. The molecule has 3 amide bonds. The monoisotopic (exact) mass is 1260 g/mol. The molecule has 2 saturated heterocycles. The molecule has 5 aromatic heterocycles. The highest BCUT2D eigenvalue weighted by Crippen LogP contribution is 2.41. The van der Waals surface area contributed by atoms with E-state index in [0.29, 0.717) is 72.3 Å². The van der Waals surface area contributed by atoms with Gasteiger partial charge in [-0.2, -0.15) is 0 Å². The number of hydrogen-bond donors (Lipinski definition) is 5. The number of aliphatic hydroxyl groups is 2. The molecule has 1 saturated carbocycles. The number of pyridine rings is 3. The molecule has 5 N–H and O–H groups in total. The van der Waals surface area contributed by atoms with Gasteiger partial charge in [-0.3, -0.25) is 33.4 Å². The lowest BCUT2D eigenvalue weighted by molar-refractivity contribution is -0.144. The second-order valence-corrected chi connectivity index (χ2v) is 25.6. The molecule has 0 radical (unpaired) electrons. The van der Waals surface area contributed by atoms with Crippen LogP contribution >= 0.6 is 11.3 Å². The van der Waals surface area contributed by atoms with Crippen molar-refractivity contribution in [3.8, 4) is 27.3 Å². The van der Waals surface area contributed by atoms with Crippen LogP contribution in [0.15, 0.2) is 119 Å². The fourth-order valence-electron chi connectivity index (χ4n) is 11.9. The average molecular weight is 1260 g/mol. The number of nitrogens with one attached hydrogen (secondary N) is 3. The minimum Gasteiger partial charge on any atom is -0.392 e. The number of ether oxygens (including phenoxy) is 2. The van der Waals surface area contributed by atoms with Crippen LogP contribution in [-0.2, 0) is 57.0 Å². The summed E-state index contributed by atoms with van der Waals surface area (Å²) in [5.41, 5.74) is 8.16. The predicted molar refractivity (Wildman–Crippen MR) is 346 cm³/mol. The number of benzene rings is 3. The Hall–Kier alpha value is -8.52. The van der Waals surface area contributed by atoms with Crippen molar-refractivity contribution in [2.24, 2.45) is 12.5 Å². The maximum atomic E-state index is 15.5. The lowest BCUT2D eigenvalue weighted by atomic mass is 9.85. The minimum absolute atomic E-state index is 0.00227. The second-order valence-electron chi connectivity index (χ2n) is 24.7. The van der Waals surface area contributed by atoms with Crippen LogP contribution in [0.5, 0.6) is 0 Å². The highest BCUT2D eigenvalue weighted by Gasteiger charge is 2.44. The second kappa shape index (κ2) is 28.3. The summed E-state index contributed by atoms with van der Waals surface area (Å²) in [5.74, 6) is -0.915. The van der Waals surface area contributed by atoms with Crippen LogP contribution < -0.4 is 32.0 Å². The molecule has 0 bridgehead atoms. The molecule has 7 heterocycles. The maximum absolute atomic E-state index is 15.5. The molecule has 478 valence electrons. The van der Waals surface area contributed by atoms with Gasteiger partial charge in [0.05, 0.1) is 90.4 Å². The van der Waals surface area contributed by atoms with Crippen LogP contribution in [0.25, 0.3) is 38.0 Å². The third-order valence-electron chi connectivity index (χ3n) is 17.1. The molecule has 2 aliphatic heterocycles. The molecule has 3 aliphatic rings. The van der Waals surface area contributed by atoms with E-state index in [2.05, 4.69) is 46.0 Å². The summed E-state index contributed by atoms with van der Waals surface area (Å²) >= 11 is 1.57. The molecule has 11 rings (SSSR count). The van der Waals surface area contributed by atoms with Gasteiger partial charge in [0.2, 0.25) is 17.7 Å². The molecule has 24 heteroatoms. The van der Waals surface area contributed by atoms with E-state index in [9.17, 15) is 34.2 Å². The molecule has 22 nitrogen and oxygen atoms in total. The van der Waals surface area contributed by atoms with Gasteiger partial charge in [0, 0.05) is 102 Å². The number of rotatable bonds is 25. The van der Waals surface area contributed by atoms with E-state index in [1.807, 2.05) is 87.9 Å². The van der Waals surface area contributed by atoms with Crippen LogP contribution in [0.2, 0.25) is 0 Å². The fourth-order valence-corrected chi connectivity index (χ4v) is 12.7. The predicted octanol–water partition coefficient (Wildman–Crippen LogP) is 6.62. The number of carbonyl (C=O) groups excluding carboxylic acids is 3. The van der Waals surface area contributed by atoms with Gasteiger partial charge in [-0.15, -0.1) is 16.4 Å². The summed E-state index contributed by atoms with van der Waals surface area (Å²) in [4.78, 5) is 84.2. The van der Waals surface area contributed by atoms with Gasteiger partial charge in [-0.1, -0.05) is 68.4 Å². The van der Waals surface area contributed by atoms with Gasteiger partial charge < -0.3 is 50.0 Å². The normalized spacial score (nSPS) is 16.6. The summed E-state index contributed by atoms with van der Waals surface area (Å²) in [7, 11) is 1.65. The number of thiazole rings is 1. The van der Waals surface area contributed by atoms with Crippen molar-refractivity contribution >= 4 is 57.0 Å². The van der Waals surface area contributed by atoms with Crippen molar-refractivity contribution in [2.45, 2.75) is 104 Å². The Bertz CT molecular complexity index is 4020. The lowest BCUT2D eigenvalue weighted by Crippen LogP contribution is -2.57. The van der Waals surface area contributed by atoms with E-state index in [4.69, 9.17) is 9.47 Å². The number of nitrogens with zero attached hydrogens (tertiary/aromatic N) is 10. The number of hydrogen-bond acceptors (Lipinski definition) is 17. The Morgan fingerprint density at radius 3 is 2.38 bits per heavy atom. The molecule has 0 spiro atoms. The Kier molecular flexibility index (Phi) is 19.9. The Labute approximate surface area is 530 Å². The molecule has 3 atom stereocenters. The van der Waals surface area contributed by atoms with Crippen LogP contribution in [0.4, 0.5) is 21.6 Å². The zero-order valence-electron chi connectivity index (χ0n) is 51.9. The average Bonchev–Trinajstić information content (AvgIpc) is 1.34. The number of aliphatic hydroxyl groups excluding tert-OH is 2. The number of aromatic nitrogens is 7. The highest BCUT2D eigenvalue weighted by molar-refractivity contribution is 7.13. The van der Waals surface area contributed by atoms with E-state index < -0.39 is 47.5 Å². The van der Waals surface area contributed by atoms with Gasteiger partial charge in [0.15, 0.2) is 0 Å². The standard InChI is InChI=1S/C67H78FN13O9S/c1-42-61(91-41-71-42)45-11-9-43(10-12-45)35-70-63(85)57-34-51(83)39-81(57)66(88)62(67(2,3)4)73-59(84)19-28-89-27-18-49-38-79(75-74-49)26-30-90-29-25-77-21-23-78(24-22-77)50-15-16-58(69-36-50)72-55-33-48(37-76(5)64(55)86)52-7-6-8-56(53(52)40-82)80-20-17-46-31-47(44-13-14-44)32-54(68)60(46)65(80)87/h6-12,15-17,20,31-33,36-38,41,44,51,57,62,82-83H,13-14,18-19,21-30,34-35,39-40H2,1-5H3,(H,69,72)(H,70,85)(H,73,84)/t51-,57+,62-/m1/s1. The number of aryl methyl sites for hydroxylation is 2. The first-order chi connectivity index (χ1) is 43.9. The summed E-state index contributed by atoms with van der Waals surface area (Å²) in [6.07, 6.45) is 8.68. The van der Waals surface area contributed by atoms with Gasteiger partial charge in [0.1, 0.15) is 29.4 Å². The van der Waals surface area contributed by atoms with E-state index in [1.54, 1.807) is 65.9 Å². The molecule has 3 aromatic carbocycles. The number of likely N-dealkylation sites (tertiary alicyclic amines) is 1. The number of anilines is 3. The molecular weight excluding hydrogens is 1180 g/mol. The summed E-state index contributed by atoms with van der Waals surface area (Å²) in [5, 5.41) is 39.5. The largest absolute Gasteiger partial charge is 0.392 e. The SMILES string of the molecule is Cc1ncsc1-c1ccc(CNC(=O)[C@@H]2C[C@@H](O)CN2C(=O)[C@@H](NC(=O)CCOCCc2cn(CCOCCN3CCN(c4ccc(Nc5cc(-c6cccc(-n7ccc8cc(C9CC9)cc(F)c8c7=O)c6CO)cn(C)c5=O)nc4)CC3)nn2)C(C)(C)C)cc1. The number of piperazine rings is 1. The number of fused-ring (bicyclic) bond motifs is 1. The number of β-amino-alcohol motifs (C(OH)–C–C–N with tert-alkyl or cyclic N) is 1. The van der Waals surface area contributed by atoms with Crippen molar-refractivity contribution in [1.82, 2.24) is 54.5 Å². The van der Waals surface area contributed by atoms with E-state index in [0.717, 1.165) is 84.2 Å². The number of carbonyl (C=O) groups is 3. The van der Waals surface area contributed by atoms with Gasteiger partial charge >= 0.3 is 0 Å². The maximum Gasteiger partial charge on any atom is 0.274 e. The fraction of sp³-hybridized carbons (Fsp3) is 0.418. The van der Waals surface area contributed by atoms with Crippen molar-refractivity contribution < 1.29 is 38.5 Å². The van der Waals surface area contributed by atoms with Crippen LogP contribution in [0.1, 0.15) is 80.5 Å². The van der Waals surface area contributed by atoms with Gasteiger partial charge in [0.25, 0.3) is 11.1 Å². The summed E-state index contributed by atoms with van der Waals surface area (Å²) in [6.45, 7) is 13.3. The minimum atomic E-state index is -0.947. The number of amides is 3. The Morgan fingerprint density at radius 1 is 0.879 bits per heavy atom. The first kappa shape index (κ1) is 64.0. The molecular formula is C67H78FN13O9S. The van der Waals surface area contributed by atoms with Crippen molar-refractivity contribution in [1.29, 1.82) is 0 Å². The summed E-state index contributed by atoms with van der Waals surface area (Å²) in [6, 6.07) is 21.9. The third-order valence-corrected chi connectivity index (χ3v) is 18.1. The van der Waals surface area contributed by atoms with Gasteiger partial charge in [-0.25, -0.2) is 19.0 Å². The third kappa shape index (κ3) is 15.3. The van der Waals surface area contributed by atoms with E-state index in [-0.39, 0.29) is 61.0 Å². The van der Waals surface area contributed by atoms with Crippen LogP contribution in [0.3, 0.4) is 0 Å². The van der Waals surface area contributed by atoms with Crippen LogP contribution in [-0.4, -0.2) is 156 Å². The molecule has 0 unspecified atom stereocenters. The number of halogens is 1. The topological polar surface area (TPSA) is 256 Å². The smallest absolute Gasteiger partial charge is 0.274 e. The Balaban J connectivity index is 0.576. The molecule has 91 heavy (non-hydrogen) atoms. The van der Waals surface area contributed by atoms with Crippen molar-refractivity contribution in [2.75, 3.05) is 75.9 Å². The summed E-state index contributed by atoms with van der Waals surface area (Å²) < 4.78 is 31.8. The zero-order valence-corrected chi connectivity index (χ0v) is 52.8. The first-order valence-corrected chi connectivity index (χ1v) is 31.9. The highest BCUT2D eigenvalue weighted by atomic mass is 32.1. The van der Waals surface area contributed by atoms with Crippen molar-refractivity contribution in [3.63, 3.8) is 0 Å². The Morgan fingerprint density at radius 2 is 1.66 bits per heavy atom. The van der Waals surface area contributed by atoms with Gasteiger partial charge in [-0.05, 0) is 95.1 Å². The lowest BCUT2D eigenvalue weighted by Gasteiger charge is -2.35. The van der Waals surface area contributed by atoms with E-state index in [1.165, 1.54) is 20.1 Å². The molecule has 8 aromatic rings. The first-order valence-electron chi connectivity index (χ1n) is 31.0. The van der Waals surface area contributed by atoms with E-state index >= 15 is 4.39 Å². The molecule has 1 aliphatic carbocycles. The zero-order chi connectivity index (χ0) is 63.9.